The number of fused-ring (bicyclic) bond motifs is 1. The average molecular weight is 351 g/mol. The molecule has 0 saturated carbocycles. The Balaban J connectivity index is 1.86. The number of aromatic hydroxyl groups is 1. The molecule has 24 heavy (non-hydrogen) atoms. The topological polar surface area (TPSA) is 103 Å². The molecular weight excluding hydrogens is 337 g/mol. The van der Waals surface area contributed by atoms with Crippen LogP contribution in [0.5, 0.6) is 17.2 Å². The second-order valence-corrected chi connectivity index (χ2v) is 6.14. The molecule has 0 aliphatic carbocycles. The molecule has 0 spiro atoms. The standard InChI is InChI=1S/C15H14FN3O4S/c1-22-14-12(17-5-4-13(14)20)7-24(21)15-18-10-3-2-9(23-8-16)6-11(10)19-15/h2-6H,7-8H2,1H3,(H,17,20)(H,18,19). The summed E-state index contributed by atoms with van der Waals surface area (Å²) in [5.41, 5.74) is 1.53. The van der Waals surface area contributed by atoms with Gasteiger partial charge in [0.2, 0.25) is 6.86 Å². The lowest BCUT2D eigenvalue weighted by molar-refractivity contribution is 0.192. The number of nitrogens with one attached hydrogen (secondary N) is 1. The molecule has 0 bridgehead atoms. The number of pyridine rings is 1. The lowest BCUT2D eigenvalue weighted by Gasteiger charge is -2.10. The number of rotatable bonds is 6. The highest BCUT2D eigenvalue weighted by atomic mass is 32.2. The minimum atomic E-state index is -1.53. The Kier molecular flexibility index (Phi) is 4.72. The molecule has 2 aromatic heterocycles. The Hall–Kier alpha value is -2.52. The lowest BCUT2D eigenvalue weighted by Crippen LogP contribution is -2.09. The van der Waals surface area contributed by atoms with E-state index in [0.717, 1.165) is 0 Å². The normalized spacial score (nSPS) is 12.3. The fourth-order valence-corrected chi connectivity index (χ4v) is 3.24. The van der Waals surface area contributed by atoms with Crippen molar-refractivity contribution in [3.63, 3.8) is 0 Å². The summed E-state index contributed by atoms with van der Waals surface area (Å²) in [6.07, 6.45) is 1.41. The molecule has 0 aliphatic rings. The molecule has 2 heterocycles. The molecule has 0 aliphatic heterocycles. The fourth-order valence-electron chi connectivity index (χ4n) is 2.22. The Morgan fingerprint density at radius 3 is 2.96 bits per heavy atom. The third-order valence-electron chi connectivity index (χ3n) is 3.30. The van der Waals surface area contributed by atoms with E-state index in [9.17, 15) is 14.0 Å². The van der Waals surface area contributed by atoms with Gasteiger partial charge in [0.05, 0.1) is 18.1 Å². The number of aromatic nitrogens is 3. The van der Waals surface area contributed by atoms with E-state index in [2.05, 4.69) is 15.0 Å². The molecule has 3 rings (SSSR count). The predicted octanol–water partition coefficient (Wildman–Crippen LogP) is 2.29. The molecule has 1 aromatic carbocycles. The van der Waals surface area contributed by atoms with Crippen LogP contribution < -0.4 is 9.47 Å². The smallest absolute Gasteiger partial charge is 0.322 e. The highest BCUT2D eigenvalue weighted by Gasteiger charge is 2.22. The van der Waals surface area contributed by atoms with E-state index in [-0.39, 0.29) is 22.4 Å². The number of aromatic amines is 1. The van der Waals surface area contributed by atoms with Crippen molar-refractivity contribution >= 4 is 22.2 Å². The van der Waals surface area contributed by atoms with Gasteiger partial charge in [-0.05, 0) is 12.1 Å². The van der Waals surface area contributed by atoms with Gasteiger partial charge in [0.25, 0.3) is 0 Å². The Bertz CT molecular complexity index is 858. The number of nitrogens with zero attached hydrogens (tertiary/aromatic N) is 2. The monoisotopic (exact) mass is 351 g/mol. The first-order valence-electron chi connectivity index (χ1n) is 6.90. The van der Waals surface area contributed by atoms with Gasteiger partial charge in [-0.1, -0.05) is 0 Å². The number of H-pyrrole nitrogens is 1. The molecule has 2 N–H and O–H groups in total. The Morgan fingerprint density at radius 1 is 1.38 bits per heavy atom. The van der Waals surface area contributed by atoms with Gasteiger partial charge in [-0.15, -0.1) is 0 Å². The van der Waals surface area contributed by atoms with Crippen LogP contribution in [0.2, 0.25) is 0 Å². The van der Waals surface area contributed by atoms with Gasteiger partial charge in [0.15, 0.2) is 17.3 Å². The van der Waals surface area contributed by atoms with Crippen LogP contribution in [0.3, 0.4) is 0 Å². The van der Waals surface area contributed by atoms with Gasteiger partial charge in [-0.3, -0.25) is 9.97 Å². The van der Waals surface area contributed by atoms with E-state index < -0.39 is 18.0 Å². The summed E-state index contributed by atoms with van der Waals surface area (Å²) < 4.78 is 34.6. The van der Waals surface area contributed by atoms with Crippen LogP contribution >= 0.6 is 0 Å². The molecule has 0 saturated heterocycles. The predicted molar refractivity (Wildman–Crippen MR) is 85.3 cm³/mol. The summed E-state index contributed by atoms with van der Waals surface area (Å²) in [4.78, 5) is 11.3. The van der Waals surface area contributed by atoms with Crippen molar-refractivity contribution in [3.8, 4) is 17.2 Å². The largest absolute Gasteiger partial charge is 0.609 e. The fraction of sp³-hybridized carbons (Fsp3) is 0.200. The number of halogens is 1. The van der Waals surface area contributed by atoms with Crippen LogP contribution in [0, 0.1) is 0 Å². The van der Waals surface area contributed by atoms with Crippen LogP contribution in [-0.4, -0.2) is 38.6 Å². The molecule has 3 aromatic rings. The number of hydrogen-bond acceptors (Lipinski definition) is 6. The zero-order valence-electron chi connectivity index (χ0n) is 12.7. The van der Waals surface area contributed by atoms with E-state index in [1.165, 1.54) is 19.4 Å². The van der Waals surface area contributed by atoms with E-state index in [0.29, 0.717) is 22.5 Å². The number of imidazole rings is 1. The zero-order valence-corrected chi connectivity index (χ0v) is 13.5. The minimum Gasteiger partial charge on any atom is -0.609 e. The van der Waals surface area contributed by atoms with E-state index in [1.54, 1.807) is 18.2 Å². The van der Waals surface area contributed by atoms with Crippen molar-refractivity contribution in [3.05, 3.63) is 36.2 Å². The molecule has 126 valence electrons. The molecule has 1 unspecified atom stereocenters. The summed E-state index contributed by atoms with van der Waals surface area (Å²) in [6.45, 7) is -0.933. The maximum Gasteiger partial charge on any atom is 0.322 e. The molecule has 7 nitrogen and oxygen atoms in total. The molecule has 0 fully saturated rings. The van der Waals surface area contributed by atoms with Crippen LogP contribution in [0.1, 0.15) is 5.69 Å². The van der Waals surface area contributed by atoms with Crippen LogP contribution in [0.25, 0.3) is 11.0 Å². The Morgan fingerprint density at radius 2 is 2.21 bits per heavy atom. The van der Waals surface area contributed by atoms with Crippen molar-refractivity contribution in [2.75, 3.05) is 14.0 Å². The summed E-state index contributed by atoms with van der Waals surface area (Å²) in [7, 11) is 1.40. The van der Waals surface area contributed by atoms with Gasteiger partial charge in [-0.25, -0.2) is 4.39 Å². The summed E-state index contributed by atoms with van der Waals surface area (Å²) >= 11 is -1.53. The van der Waals surface area contributed by atoms with Gasteiger partial charge < -0.3 is 19.1 Å². The van der Waals surface area contributed by atoms with E-state index in [4.69, 9.17) is 9.47 Å². The zero-order chi connectivity index (χ0) is 17.1. The molecular formula is C15H14FN3O4S. The average Bonchev–Trinajstić information content (AvgIpc) is 2.99. The second-order valence-electron chi connectivity index (χ2n) is 4.77. The SMILES string of the molecule is COc1c(O)ccnc1C[S+]([O-])c1nc2cc(OCF)ccc2[nH]1. The van der Waals surface area contributed by atoms with E-state index >= 15 is 0 Å². The quantitative estimate of drug-likeness (QED) is 0.661. The molecule has 0 radical (unpaired) electrons. The van der Waals surface area contributed by atoms with Crippen molar-refractivity contribution in [1.82, 2.24) is 15.0 Å². The number of hydrogen-bond donors (Lipinski definition) is 2. The van der Waals surface area contributed by atoms with Gasteiger partial charge in [0.1, 0.15) is 11.4 Å². The van der Waals surface area contributed by atoms with Gasteiger partial charge >= 0.3 is 5.16 Å². The van der Waals surface area contributed by atoms with Gasteiger partial charge in [0, 0.05) is 29.5 Å². The number of ether oxygens (including phenoxy) is 2. The first kappa shape index (κ1) is 16.3. The summed E-state index contributed by atoms with van der Waals surface area (Å²) in [5.74, 6) is 0.466. The third-order valence-corrected chi connectivity index (χ3v) is 4.46. The van der Waals surface area contributed by atoms with Crippen molar-refractivity contribution < 1.29 is 23.5 Å². The molecule has 9 heteroatoms. The van der Waals surface area contributed by atoms with Crippen molar-refractivity contribution in [2.24, 2.45) is 0 Å². The third kappa shape index (κ3) is 3.22. The maximum atomic E-state index is 12.5. The van der Waals surface area contributed by atoms with Crippen LogP contribution in [-0.2, 0) is 16.9 Å². The highest BCUT2D eigenvalue weighted by molar-refractivity contribution is 7.90. The summed E-state index contributed by atoms with van der Waals surface area (Å²) in [5, 5.41) is 9.98. The molecule has 0 amide bonds. The number of alkyl halides is 1. The first-order chi connectivity index (χ1) is 11.6. The van der Waals surface area contributed by atoms with Crippen LogP contribution in [0.15, 0.2) is 35.6 Å². The number of methoxy groups -OCH3 is 1. The number of benzene rings is 1. The van der Waals surface area contributed by atoms with Crippen molar-refractivity contribution in [2.45, 2.75) is 10.9 Å². The second kappa shape index (κ2) is 6.93. The highest BCUT2D eigenvalue weighted by Crippen LogP contribution is 2.30. The minimum absolute atomic E-state index is 0.0191. The van der Waals surface area contributed by atoms with Crippen molar-refractivity contribution in [1.29, 1.82) is 0 Å². The summed E-state index contributed by atoms with van der Waals surface area (Å²) in [6, 6.07) is 6.20. The molecule has 1 atom stereocenters. The lowest BCUT2D eigenvalue weighted by atomic mass is 10.3. The van der Waals surface area contributed by atoms with E-state index in [1.807, 2.05) is 0 Å². The van der Waals surface area contributed by atoms with Crippen LogP contribution in [0.4, 0.5) is 4.39 Å². The Labute approximate surface area is 139 Å². The first-order valence-corrected chi connectivity index (χ1v) is 8.22. The van der Waals surface area contributed by atoms with Gasteiger partial charge in [-0.2, -0.15) is 4.98 Å². The maximum absolute atomic E-state index is 12.5.